The zero-order valence-corrected chi connectivity index (χ0v) is 25.5. The quantitative estimate of drug-likeness (QED) is 0.325. The summed E-state index contributed by atoms with van der Waals surface area (Å²) in [6.07, 6.45) is 0.336. The van der Waals surface area contributed by atoms with Gasteiger partial charge in [-0.3, -0.25) is 19.3 Å². The van der Waals surface area contributed by atoms with E-state index < -0.39 is 29.6 Å². The number of anilines is 1. The summed E-state index contributed by atoms with van der Waals surface area (Å²) in [5.74, 6) is -2.29. The summed E-state index contributed by atoms with van der Waals surface area (Å²) in [6.45, 7) is 2.49. The van der Waals surface area contributed by atoms with E-state index >= 15 is 4.39 Å². The highest BCUT2D eigenvalue weighted by atomic mass is 35.5. The lowest BCUT2D eigenvalue weighted by Crippen LogP contribution is -2.56. The van der Waals surface area contributed by atoms with Crippen LogP contribution in [0.1, 0.15) is 17.5 Å². The molecule has 5 amide bonds. The minimum Gasteiger partial charge on any atom is -0.496 e. The van der Waals surface area contributed by atoms with Crippen molar-refractivity contribution in [2.24, 2.45) is 5.92 Å². The van der Waals surface area contributed by atoms with Gasteiger partial charge < -0.3 is 25.6 Å². The average molecular weight is 622 g/mol. The van der Waals surface area contributed by atoms with Gasteiger partial charge in [0.05, 0.1) is 12.1 Å². The standard InChI is InChI=1S/C32H33ClFN5O5/c1-17-20(7-6-10-26(17)37-30(41)24-16-38(2)32(43)39(3)31(24)42)22-9-5-8-21(29(22)33)18-11-25(34)23(27(12-18)44-4)15-35-19-13-28(40)36-14-19/h5-12,19,24,35H,13-16H2,1-4H3,(H,36,40)(H,37,41)/t19-,24?/m0/s1. The molecule has 12 heteroatoms. The highest BCUT2D eigenvalue weighted by molar-refractivity contribution is 6.36. The first kappa shape index (κ1) is 31.0. The molecule has 2 aliphatic rings. The fraction of sp³-hybridized carbons (Fsp3) is 0.312. The molecule has 3 N–H and O–H groups in total. The van der Waals surface area contributed by atoms with Gasteiger partial charge in [-0.25, -0.2) is 9.18 Å². The number of hydrogen-bond donors (Lipinski definition) is 3. The molecule has 0 bridgehead atoms. The SMILES string of the molecule is COc1cc(-c2cccc(-c3cccc(NC(=O)C4CN(C)C(=O)N(C)C4=O)c3C)c2Cl)cc(F)c1CN[C@@H]1CNC(=O)C1. The van der Waals surface area contributed by atoms with E-state index in [0.717, 1.165) is 10.5 Å². The highest BCUT2D eigenvalue weighted by Gasteiger charge is 2.39. The van der Waals surface area contributed by atoms with E-state index in [4.69, 9.17) is 16.3 Å². The molecule has 0 spiro atoms. The van der Waals surface area contributed by atoms with Gasteiger partial charge in [-0.15, -0.1) is 0 Å². The van der Waals surface area contributed by atoms with E-state index in [9.17, 15) is 19.2 Å². The fourth-order valence-corrected chi connectivity index (χ4v) is 5.91. The Hall–Kier alpha value is -4.48. The van der Waals surface area contributed by atoms with Gasteiger partial charge in [-0.05, 0) is 41.8 Å². The Morgan fingerprint density at radius 2 is 1.80 bits per heavy atom. The van der Waals surface area contributed by atoms with Crippen LogP contribution in [0.5, 0.6) is 5.75 Å². The van der Waals surface area contributed by atoms with Crippen molar-refractivity contribution >= 4 is 41.0 Å². The number of ether oxygens (including phenoxy) is 1. The lowest BCUT2D eigenvalue weighted by atomic mass is 9.94. The molecule has 0 radical (unpaired) electrons. The second-order valence-electron chi connectivity index (χ2n) is 11.0. The van der Waals surface area contributed by atoms with E-state index in [2.05, 4.69) is 16.0 Å². The maximum atomic E-state index is 15.4. The van der Waals surface area contributed by atoms with Crippen LogP contribution in [0, 0.1) is 18.7 Å². The molecule has 2 fully saturated rings. The molecule has 3 aromatic rings. The Labute approximate surface area is 259 Å². The average Bonchev–Trinajstić information content (AvgIpc) is 3.43. The number of imide groups is 1. The Morgan fingerprint density at radius 3 is 2.50 bits per heavy atom. The summed E-state index contributed by atoms with van der Waals surface area (Å²) in [6, 6.07) is 13.4. The minimum atomic E-state index is -1.04. The Morgan fingerprint density at radius 1 is 1.09 bits per heavy atom. The fourth-order valence-electron chi connectivity index (χ4n) is 5.57. The van der Waals surface area contributed by atoms with Gasteiger partial charge in [0.1, 0.15) is 17.5 Å². The molecule has 3 aromatic carbocycles. The second-order valence-corrected chi connectivity index (χ2v) is 11.4. The van der Waals surface area contributed by atoms with Crippen LogP contribution >= 0.6 is 11.6 Å². The summed E-state index contributed by atoms with van der Waals surface area (Å²) in [5, 5.41) is 9.18. The zero-order chi connectivity index (χ0) is 31.7. The van der Waals surface area contributed by atoms with E-state index in [1.165, 1.54) is 32.2 Å². The van der Waals surface area contributed by atoms with Crippen LogP contribution in [0.15, 0.2) is 48.5 Å². The molecule has 44 heavy (non-hydrogen) atoms. The zero-order valence-electron chi connectivity index (χ0n) is 24.8. The van der Waals surface area contributed by atoms with Crippen molar-refractivity contribution in [3.8, 4) is 28.0 Å². The predicted octanol–water partition coefficient (Wildman–Crippen LogP) is 4.19. The number of hydrogen-bond acceptors (Lipinski definition) is 6. The maximum Gasteiger partial charge on any atom is 0.326 e. The lowest BCUT2D eigenvalue weighted by Gasteiger charge is -2.33. The topological polar surface area (TPSA) is 120 Å². The number of halogens is 2. The summed E-state index contributed by atoms with van der Waals surface area (Å²) in [4.78, 5) is 51.7. The van der Waals surface area contributed by atoms with E-state index in [1.807, 2.05) is 25.1 Å². The first-order chi connectivity index (χ1) is 21.0. The van der Waals surface area contributed by atoms with Gasteiger partial charge in [-0.1, -0.05) is 41.9 Å². The number of nitrogens with one attached hydrogen (secondary N) is 3. The van der Waals surface area contributed by atoms with Crippen molar-refractivity contribution < 1.29 is 28.3 Å². The molecular formula is C32H33ClFN5O5. The number of amides is 5. The summed E-state index contributed by atoms with van der Waals surface area (Å²) >= 11 is 6.95. The van der Waals surface area contributed by atoms with Crippen molar-refractivity contribution in [2.45, 2.75) is 25.9 Å². The molecule has 10 nitrogen and oxygen atoms in total. The molecule has 1 unspecified atom stereocenters. The third kappa shape index (κ3) is 5.97. The van der Waals surface area contributed by atoms with Crippen molar-refractivity contribution in [2.75, 3.05) is 39.6 Å². The molecule has 2 heterocycles. The van der Waals surface area contributed by atoms with Crippen LogP contribution < -0.4 is 20.7 Å². The smallest absolute Gasteiger partial charge is 0.326 e. The van der Waals surface area contributed by atoms with E-state index in [1.54, 1.807) is 24.3 Å². The number of methoxy groups -OCH3 is 1. The monoisotopic (exact) mass is 621 g/mol. The van der Waals surface area contributed by atoms with Crippen molar-refractivity contribution in [3.05, 3.63) is 70.5 Å². The van der Waals surface area contributed by atoms with Crippen LogP contribution in [0.25, 0.3) is 22.3 Å². The predicted molar refractivity (Wildman–Crippen MR) is 165 cm³/mol. The third-order valence-electron chi connectivity index (χ3n) is 8.13. The summed E-state index contributed by atoms with van der Waals surface area (Å²) < 4.78 is 21.0. The molecular weight excluding hydrogens is 589 g/mol. The van der Waals surface area contributed by atoms with Crippen LogP contribution in [-0.2, 0) is 20.9 Å². The normalized spacial score (nSPS) is 18.5. The van der Waals surface area contributed by atoms with Gasteiger partial charge >= 0.3 is 6.03 Å². The van der Waals surface area contributed by atoms with Gasteiger partial charge in [0.2, 0.25) is 17.7 Å². The Kier molecular flexibility index (Phi) is 8.89. The number of rotatable bonds is 8. The van der Waals surface area contributed by atoms with Crippen LogP contribution in [0.3, 0.4) is 0 Å². The van der Waals surface area contributed by atoms with Crippen LogP contribution in [0.2, 0.25) is 5.02 Å². The highest BCUT2D eigenvalue weighted by Crippen LogP contribution is 2.41. The maximum absolute atomic E-state index is 15.4. The first-order valence-electron chi connectivity index (χ1n) is 14.1. The number of benzene rings is 3. The van der Waals surface area contributed by atoms with Crippen molar-refractivity contribution in [1.29, 1.82) is 0 Å². The number of carbonyl (C=O) groups excluding carboxylic acids is 4. The number of carbonyl (C=O) groups is 4. The second kappa shape index (κ2) is 12.6. The van der Waals surface area contributed by atoms with Gasteiger partial charge in [0, 0.05) is 68.6 Å². The summed E-state index contributed by atoms with van der Waals surface area (Å²) in [5.41, 5.74) is 4.07. The largest absolute Gasteiger partial charge is 0.496 e. The minimum absolute atomic E-state index is 0.0210. The van der Waals surface area contributed by atoms with Gasteiger partial charge in [0.15, 0.2) is 0 Å². The molecule has 2 atom stereocenters. The van der Waals surface area contributed by atoms with E-state index in [0.29, 0.717) is 57.2 Å². The van der Waals surface area contributed by atoms with E-state index in [-0.39, 0.29) is 25.0 Å². The van der Waals surface area contributed by atoms with Crippen LogP contribution in [-0.4, -0.2) is 73.9 Å². The molecule has 230 valence electrons. The number of nitrogens with zero attached hydrogens (tertiary/aromatic N) is 2. The molecule has 0 aromatic heterocycles. The van der Waals surface area contributed by atoms with Gasteiger partial charge in [-0.2, -0.15) is 0 Å². The molecule has 0 saturated carbocycles. The Bertz CT molecular complexity index is 1660. The summed E-state index contributed by atoms with van der Waals surface area (Å²) in [7, 11) is 4.36. The number of urea groups is 1. The Balaban J connectivity index is 1.41. The molecule has 2 aliphatic heterocycles. The van der Waals surface area contributed by atoms with Crippen LogP contribution in [0.4, 0.5) is 14.9 Å². The third-order valence-corrected chi connectivity index (χ3v) is 8.53. The lowest BCUT2D eigenvalue weighted by molar-refractivity contribution is -0.140. The molecule has 0 aliphatic carbocycles. The van der Waals surface area contributed by atoms with Crippen molar-refractivity contribution in [3.63, 3.8) is 0 Å². The van der Waals surface area contributed by atoms with Crippen molar-refractivity contribution in [1.82, 2.24) is 20.4 Å². The van der Waals surface area contributed by atoms with Gasteiger partial charge in [0.25, 0.3) is 0 Å². The first-order valence-corrected chi connectivity index (χ1v) is 14.5. The molecule has 5 rings (SSSR count). The molecule has 2 saturated heterocycles.